The molecule has 0 saturated heterocycles. The van der Waals surface area contributed by atoms with E-state index in [1.807, 2.05) is 0 Å². The minimum atomic E-state index is -4.02. The van der Waals surface area contributed by atoms with Crippen LogP contribution in [0.3, 0.4) is 0 Å². The van der Waals surface area contributed by atoms with E-state index in [4.69, 9.17) is 15.4 Å². The zero-order valence-corrected chi connectivity index (χ0v) is 13.0. The van der Waals surface area contributed by atoms with Crippen molar-refractivity contribution in [2.75, 3.05) is 0 Å². The zero-order valence-electron chi connectivity index (χ0n) is 11.5. The van der Waals surface area contributed by atoms with Gasteiger partial charge in [0.1, 0.15) is 16.5 Å². The lowest BCUT2D eigenvalue weighted by Gasteiger charge is -2.32. The molecule has 1 aliphatic rings. The summed E-state index contributed by atoms with van der Waals surface area (Å²) in [5, 5.41) is 0. The van der Waals surface area contributed by atoms with Crippen molar-refractivity contribution in [1.82, 2.24) is 0 Å². The topological polar surface area (TPSA) is 43.4 Å². The molecule has 0 aromatic heterocycles. The molecular formula is C14H18ClFO3S. The van der Waals surface area contributed by atoms with Crippen molar-refractivity contribution in [1.29, 1.82) is 0 Å². The zero-order chi connectivity index (χ0) is 14.9. The molecule has 1 aromatic carbocycles. The second-order valence-electron chi connectivity index (χ2n) is 5.54. The maximum absolute atomic E-state index is 13.2. The molecule has 0 spiro atoms. The molecule has 112 valence electrons. The van der Waals surface area contributed by atoms with E-state index in [9.17, 15) is 12.8 Å². The fraction of sp³-hybridized carbons (Fsp3) is 0.571. The van der Waals surface area contributed by atoms with Crippen molar-refractivity contribution in [3.05, 3.63) is 24.0 Å². The summed E-state index contributed by atoms with van der Waals surface area (Å²) in [7, 11) is 1.31. The van der Waals surface area contributed by atoms with Gasteiger partial charge in [0.05, 0.1) is 6.10 Å². The Bertz CT molecular complexity index is 588. The highest BCUT2D eigenvalue weighted by molar-refractivity contribution is 8.13. The number of ether oxygens (including phenoxy) is 1. The van der Waals surface area contributed by atoms with E-state index in [2.05, 4.69) is 13.8 Å². The quantitative estimate of drug-likeness (QED) is 0.792. The number of benzene rings is 1. The Morgan fingerprint density at radius 2 is 1.95 bits per heavy atom. The van der Waals surface area contributed by atoms with E-state index >= 15 is 0 Å². The third-order valence-electron chi connectivity index (χ3n) is 4.01. The van der Waals surface area contributed by atoms with Gasteiger partial charge < -0.3 is 4.74 Å². The minimum absolute atomic E-state index is 0.0520. The third-order valence-corrected chi connectivity index (χ3v) is 5.36. The lowest BCUT2D eigenvalue weighted by Crippen LogP contribution is -2.29. The van der Waals surface area contributed by atoms with Crippen LogP contribution in [0.1, 0.15) is 33.1 Å². The van der Waals surface area contributed by atoms with E-state index in [1.54, 1.807) is 0 Å². The van der Waals surface area contributed by atoms with Crippen LogP contribution < -0.4 is 4.74 Å². The highest BCUT2D eigenvalue weighted by Gasteiger charge is 2.27. The van der Waals surface area contributed by atoms with Crippen LogP contribution in [0.25, 0.3) is 0 Å². The third kappa shape index (κ3) is 3.64. The van der Waals surface area contributed by atoms with Crippen LogP contribution in [0.4, 0.5) is 4.39 Å². The first kappa shape index (κ1) is 15.6. The van der Waals surface area contributed by atoms with Crippen molar-refractivity contribution in [3.63, 3.8) is 0 Å². The van der Waals surface area contributed by atoms with Gasteiger partial charge in [-0.2, -0.15) is 0 Å². The van der Waals surface area contributed by atoms with Crippen LogP contribution in [0.2, 0.25) is 0 Å². The molecule has 3 atom stereocenters. The van der Waals surface area contributed by atoms with Gasteiger partial charge in [-0.3, -0.25) is 0 Å². The van der Waals surface area contributed by atoms with Crippen LogP contribution in [0.5, 0.6) is 5.75 Å². The molecule has 1 saturated carbocycles. The van der Waals surface area contributed by atoms with Gasteiger partial charge in [0, 0.05) is 10.7 Å². The van der Waals surface area contributed by atoms with Gasteiger partial charge in [0.2, 0.25) is 0 Å². The molecule has 1 aromatic rings. The van der Waals surface area contributed by atoms with Crippen LogP contribution in [0.15, 0.2) is 23.1 Å². The summed E-state index contributed by atoms with van der Waals surface area (Å²) in [6.45, 7) is 4.36. The van der Waals surface area contributed by atoms with E-state index in [1.165, 1.54) is 12.1 Å². The van der Waals surface area contributed by atoms with Crippen molar-refractivity contribution in [3.8, 4) is 5.75 Å². The first-order chi connectivity index (χ1) is 9.27. The SMILES string of the molecule is CC1CCC(Oc2ccc(F)cc2S(=O)(=O)Cl)CC1C. The van der Waals surface area contributed by atoms with E-state index in [-0.39, 0.29) is 16.7 Å². The lowest BCUT2D eigenvalue weighted by molar-refractivity contribution is 0.0979. The molecule has 20 heavy (non-hydrogen) atoms. The van der Waals surface area contributed by atoms with Gasteiger partial charge >= 0.3 is 0 Å². The number of halogens is 2. The second-order valence-corrected chi connectivity index (χ2v) is 8.07. The summed E-state index contributed by atoms with van der Waals surface area (Å²) < 4.78 is 41.9. The monoisotopic (exact) mass is 320 g/mol. The average molecular weight is 321 g/mol. The molecule has 0 amide bonds. The van der Waals surface area contributed by atoms with Gasteiger partial charge in [-0.05, 0) is 49.3 Å². The summed E-state index contributed by atoms with van der Waals surface area (Å²) in [6.07, 6.45) is 2.71. The Kier molecular flexibility index (Phi) is 4.59. The summed E-state index contributed by atoms with van der Waals surface area (Å²) in [6, 6.07) is 3.40. The Labute approximate surface area is 123 Å². The fourth-order valence-electron chi connectivity index (χ4n) is 2.55. The minimum Gasteiger partial charge on any atom is -0.489 e. The molecule has 3 unspecified atom stereocenters. The van der Waals surface area contributed by atoms with Gasteiger partial charge in [-0.1, -0.05) is 13.8 Å². The van der Waals surface area contributed by atoms with E-state index < -0.39 is 14.9 Å². The van der Waals surface area contributed by atoms with Crippen LogP contribution >= 0.6 is 10.7 Å². The molecular weight excluding hydrogens is 303 g/mol. The maximum Gasteiger partial charge on any atom is 0.265 e. The molecule has 3 nitrogen and oxygen atoms in total. The van der Waals surface area contributed by atoms with Gasteiger partial charge in [-0.25, -0.2) is 12.8 Å². The standard InChI is InChI=1S/C14H18ClFO3S/c1-9-3-5-12(7-10(9)2)19-13-6-4-11(16)8-14(13)20(15,17)18/h4,6,8-10,12H,3,5,7H2,1-2H3. The maximum atomic E-state index is 13.2. The van der Waals surface area contributed by atoms with Crippen molar-refractivity contribution >= 4 is 19.7 Å². The Morgan fingerprint density at radius 1 is 1.25 bits per heavy atom. The molecule has 0 heterocycles. The summed E-state index contributed by atoms with van der Waals surface area (Å²) in [5.74, 6) is 0.639. The largest absolute Gasteiger partial charge is 0.489 e. The molecule has 6 heteroatoms. The molecule has 0 radical (unpaired) electrons. The number of hydrogen-bond acceptors (Lipinski definition) is 3. The van der Waals surface area contributed by atoms with E-state index in [0.717, 1.165) is 25.3 Å². The number of rotatable bonds is 3. The van der Waals surface area contributed by atoms with Gasteiger partial charge in [-0.15, -0.1) is 0 Å². The molecule has 0 N–H and O–H groups in total. The lowest BCUT2D eigenvalue weighted by atomic mass is 9.80. The smallest absolute Gasteiger partial charge is 0.265 e. The Balaban J connectivity index is 2.22. The fourth-order valence-corrected chi connectivity index (χ4v) is 3.53. The second kappa shape index (κ2) is 5.90. The summed E-state index contributed by atoms with van der Waals surface area (Å²) in [4.78, 5) is -0.301. The van der Waals surface area contributed by atoms with Crippen molar-refractivity contribution < 1.29 is 17.5 Å². The van der Waals surface area contributed by atoms with Gasteiger partial charge in [0.25, 0.3) is 9.05 Å². The average Bonchev–Trinajstić information content (AvgIpc) is 2.35. The van der Waals surface area contributed by atoms with Crippen molar-refractivity contribution in [2.45, 2.75) is 44.1 Å². The first-order valence-electron chi connectivity index (χ1n) is 6.68. The van der Waals surface area contributed by atoms with Crippen LogP contribution in [-0.4, -0.2) is 14.5 Å². The number of hydrogen-bond donors (Lipinski definition) is 0. The molecule has 0 bridgehead atoms. The summed E-state index contributed by atoms with van der Waals surface area (Å²) >= 11 is 0. The molecule has 1 fully saturated rings. The van der Waals surface area contributed by atoms with Crippen LogP contribution in [-0.2, 0) is 9.05 Å². The van der Waals surface area contributed by atoms with Gasteiger partial charge in [0.15, 0.2) is 0 Å². The highest BCUT2D eigenvalue weighted by atomic mass is 35.7. The summed E-state index contributed by atoms with van der Waals surface area (Å²) in [5.41, 5.74) is 0. The Morgan fingerprint density at radius 3 is 2.55 bits per heavy atom. The van der Waals surface area contributed by atoms with E-state index in [0.29, 0.717) is 11.8 Å². The predicted octanol–water partition coefficient (Wildman–Crippen LogP) is 3.96. The molecule has 0 aliphatic heterocycles. The predicted molar refractivity (Wildman–Crippen MR) is 76.0 cm³/mol. The first-order valence-corrected chi connectivity index (χ1v) is 8.99. The Hall–Kier alpha value is -0.810. The molecule has 1 aliphatic carbocycles. The van der Waals surface area contributed by atoms with Crippen molar-refractivity contribution in [2.24, 2.45) is 11.8 Å². The highest BCUT2D eigenvalue weighted by Crippen LogP contribution is 2.34. The normalized spacial score (nSPS) is 27.3. The van der Waals surface area contributed by atoms with Crippen LogP contribution in [0, 0.1) is 17.7 Å². The molecule has 2 rings (SSSR count).